The van der Waals surface area contributed by atoms with Crippen LogP contribution in [-0.4, -0.2) is 39.4 Å². The molecule has 1 amide bonds. The summed E-state index contributed by atoms with van der Waals surface area (Å²) in [5, 5.41) is 11.6. The lowest BCUT2D eigenvalue weighted by molar-refractivity contribution is -0.120. The van der Waals surface area contributed by atoms with E-state index in [-0.39, 0.29) is 5.91 Å². The second-order valence-electron chi connectivity index (χ2n) is 4.65. The largest absolute Gasteiger partial charge is 0.382 e. The van der Waals surface area contributed by atoms with E-state index in [4.69, 9.17) is 14.7 Å². The van der Waals surface area contributed by atoms with Crippen LogP contribution in [0.4, 0.5) is 0 Å². The number of methoxy groups -OCH3 is 1. The molecule has 5 nitrogen and oxygen atoms in total. The molecule has 0 saturated heterocycles. The van der Waals surface area contributed by atoms with Crippen molar-refractivity contribution in [2.24, 2.45) is 0 Å². The zero-order valence-electron chi connectivity index (χ0n) is 12.4. The molecule has 1 N–H and O–H groups in total. The number of carbonyl (C=O) groups excluding carboxylic acids is 1. The Bertz CT molecular complexity index is 452. The molecule has 1 aromatic rings. The van der Waals surface area contributed by atoms with Gasteiger partial charge in [-0.2, -0.15) is 5.26 Å². The van der Waals surface area contributed by atoms with Gasteiger partial charge in [0.15, 0.2) is 0 Å². The van der Waals surface area contributed by atoms with Gasteiger partial charge in [-0.05, 0) is 30.5 Å². The summed E-state index contributed by atoms with van der Waals surface area (Å²) < 4.78 is 10.2. The fourth-order valence-corrected chi connectivity index (χ4v) is 1.75. The monoisotopic (exact) mass is 290 g/mol. The highest BCUT2D eigenvalue weighted by Gasteiger charge is 2.02. The number of nitrogens with one attached hydrogen (secondary N) is 1. The van der Waals surface area contributed by atoms with Gasteiger partial charge in [-0.15, -0.1) is 0 Å². The molecule has 0 aliphatic carbocycles. The fourth-order valence-electron chi connectivity index (χ4n) is 1.75. The van der Waals surface area contributed by atoms with Crippen LogP contribution in [0.1, 0.15) is 24.0 Å². The molecule has 5 heteroatoms. The molecular weight excluding hydrogens is 268 g/mol. The molecule has 0 radical (unpaired) electrons. The number of ether oxygens (including phenoxy) is 2. The van der Waals surface area contributed by atoms with E-state index in [0.717, 1.165) is 18.4 Å². The Labute approximate surface area is 125 Å². The van der Waals surface area contributed by atoms with Crippen molar-refractivity contribution in [2.45, 2.75) is 19.3 Å². The van der Waals surface area contributed by atoms with E-state index in [9.17, 15) is 4.79 Å². The maximum absolute atomic E-state index is 11.7. The molecule has 21 heavy (non-hydrogen) atoms. The maximum Gasteiger partial charge on any atom is 0.224 e. The number of nitrogens with zero attached hydrogens (tertiary/aromatic N) is 1. The van der Waals surface area contributed by atoms with Crippen LogP contribution in [0.5, 0.6) is 0 Å². The highest BCUT2D eigenvalue weighted by molar-refractivity contribution is 5.78. The molecule has 1 rings (SSSR count). The SMILES string of the molecule is COCCOCCCCNC(=O)Cc1ccc(C#N)cc1. The lowest BCUT2D eigenvalue weighted by Gasteiger charge is -2.06. The number of amides is 1. The molecule has 114 valence electrons. The van der Waals surface area contributed by atoms with Crippen molar-refractivity contribution in [2.75, 3.05) is 33.5 Å². The predicted molar refractivity (Wildman–Crippen MR) is 79.8 cm³/mol. The standard InChI is InChI=1S/C16H22N2O3/c1-20-10-11-21-9-3-2-8-18-16(19)12-14-4-6-15(13-17)7-5-14/h4-7H,2-3,8-12H2,1H3,(H,18,19). The van der Waals surface area contributed by atoms with Gasteiger partial charge in [0.25, 0.3) is 0 Å². The van der Waals surface area contributed by atoms with E-state index < -0.39 is 0 Å². The second kappa shape index (κ2) is 10.8. The van der Waals surface area contributed by atoms with Crippen molar-refractivity contribution in [3.05, 3.63) is 35.4 Å². The Kier molecular flexibility index (Phi) is 8.85. The van der Waals surface area contributed by atoms with Crippen molar-refractivity contribution in [1.82, 2.24) is 5.32 Å². The molecule has 0 aliphatic heterocycles. The summed E-state index contributed by atoms with van der Waals surface area (Å²) in [5.74, 6) is 0.00000834. The van der Waals surface area contributed by atoms with Crippen LogP contribution < -0.4 is 5.32 Å². The third kappa shape index (κ3) is 8.08. The molecule has 0 heterocycles. The quantitative estimate of drug-likeness (QED) is 0.665. The average molecular weight is 290 g/mol. The highest BCUT2D eigenvalue weighted by atomic mass is 16.5. The Morgan fingerprint density at radius 2 is 1.95 bits per heavy atom. The number of hydrogen-bond donors (Lipinski definition) is 1. The number of hydrogen-bond acceptors (Lipinski definition) is 4. The van der Waals surface area contributed by atoms with Gasteiger partial charge >= 0.3 is 0 Å². The zero-order valence-corrected chi connectivity index (χ0v) is 12.4. The highest BCUT2D eigenvalue weighted by Crippen LogP contribution is 2.04. The Morgan fingerprint density at radius 3 is 2.62 bits per heavy atom. The van der Waals surface area contributed by atoms with E-state index in [1.807, 2.05) is 12.1 Å². The Balaban J connectivity index is 2.07. The van der Waals surface area contributed by atoms with Crippen molar-refractivity contribution >= 4 is 5.91 Å². The first-order valence-electron chi connectivity index (χ1n) is 7.08. The summed E-state index contributed by atoms with van der Waals surface area (Å²) in [6.07, 6.45) is 2.16. The summed E-state index contributed by atoms with van der Waals surface area (Å²) in [7, 11) is 1.65. The van der Waals surface area contributed by atoms with Crippen molar-refractivity contribution < 1.29 is 14.3 Å². The molecule has 1 aromatic carbocycles. The van der Waals surface area contributed by atoms with E-state index in [0.29, 0.717) is 38.3 Å². The summed E-state index contributed by atoms with van der Waals surface area (Å²) in [4.78, 5) is 11.7. The zero-order chi connectivity index (χ0) is 15.3. The first kappa shape index (κ1) is 17.2. The van der Waals surface area contributed by atoms with Crippen molar-refractivity contribution in [1.29, 1.82) is 5.26 Å². The van der Waals surface area contributed by atoms with E-state index in [1.54, 1.807) is 19.2 Å². The third-order valence-corrected chi connectivity index (χ3v) is 2.92. The van der Waals surface area contributed by atoms with Crippen molar-refractivity contribution in [3.63, 3.8) is 0 Å². The molecule has 0 bridgehead atoms. The lowest BCUT2D eigenvalue weighted by Crippen LogP contribution is -2.26. The van der Waals surface area contributed by atoms with Gasteiger partial charge < -0.3 is 14.8 Å². The van der Waals surface area contributed by atoms with Gasteiger partial charge in [0.05, 0.1) is 31.3 Å². The molecule has 0 atom stereocenters. The number of unbranched alkanes of at least 4 members (excludes halogenated alkanes) is 1. The smallest absolute Gasteiger partial charge is 0.224 e. The van der Waals surface area contributed by atoms with E-state index >= 15 is 0 Å². The molecule has 0 aliphatic rings. The van der Waals surface area contributed by atoms with Crippen LogP contribution in [-0.2, 0) is 20.7 Å². The normalized spacial score (nSPS) is 10.1. The molecular formula is C16H22N2O3. The van der Waals surface area contributed by atoms with Gasteiger partial charge in [0, 0.05) is 20.3 Å². The van der Waals surface area contributed by atoms with Crippen LogP contribution in [0, 0.1) is 11.3 Å². The third-order valence-electron chi connectivity index (χ3n) is 2.92. The summed E-state index contributed by atoms with van der Waals surface area (Å²) in [6, 6.07) is 9.11. The number of nitriles is 1. The first-order chi connectivity index (χ1) is 10.3. The molecule has 0 spiro atoms. The topological polar surface area (TPSA) is 71.3 Å². The lowest BCUT2D eigenvalue weighted by atomic mass is 10.1. The maximum atomic E-state index is 11.7. The Hall–Kier alpha value is -1.90. The van der Waals surface area contributed by atoms with Crippen LogP contribution in [0.25, 0.3) is 0 Å². The van der Waals surface area contributed by atoms with Gasteiger partial charge in [0.2, 0.25) is 5.91 Å². The van der Waals surface area contributed by atoms with Gasteiger partial charge in [-0.1, -0.05) is 12.1 Å². The first-order valence-corrected chi connectivity index (χ1v) is 7.08. The van der Waals surface area contributed by atoms with Crippen LogP contribution >= 0.6 is 0 Å². The summed E-state index contributed by atoms with van der Waals surface area (Å²) in [6.45, 7) is 2.57. The van der Waals surface area contributed by atoms with Crippen LogP contribution in [0.2, 0.25) is 0 Å². The van der Waals surface area contributed by atoms with Crippen LogP contribution in [0.15, 0.2) is 24.3 Å². The molecule has 0 saturated carbocycles. The summed E-state index contributed by atoms with van der Waals surface area (Å²) in [5.41, 5.74) is 1.52. The minimum absolute atomic E-state index is 0.00000834. The molecule has 0 fully saturated rings. The minimum atomic E-state index is 0.00000834. The van der Waals surface area contributed by atoms with Crippen molar-refractivity contribution in [3.8, 4) is 6.07 Å². The second-order valence-corrected chi connectivity index (χ2v) is 4.65. The molecule has 0 aromatic heterocycles. The van der Waals surface area contributed by atoms with E-state index in [2.05, 4.69) is 11.4 Å². The summed E-state index contributed by atoms with van der Waals surface area (Å²) >= 11 is 0. The number of benzene rings is 1. The number of carbonyl (C=O) groups is 1. The fraction of sp³-hybridized carbons (Fsp3) is 0.500. The van der Waals surface area contributed by atoms with Gasteiger partial charge in [-0.25, -0.2) is 0 Å². The minimum Gasteiger partial charge on any atom is -0.382 e. The predicted octanol–water partition coefficient (Wildman–Crippen LogP) is 1.66. The van der Waals surface area contributed by atoms with Gasteiger partial charge in [-0.3, -0.25) is 4.79 Å². The average Bonchev–Trinajstić information content (AvgIpc) is 2.50. The van der Waals surface area contributed by atoms with Crippen LogP contribution in [0.3, 0.4) is 0 Å². The number of rotatable bonds is 10. The van der Waals surface area contributed by atoms with E-state index in [1.165, 1.54) is 0 Å². The molecule has 0 unspecified atom stereocenters. The Morgan fingerprint density at radius 1 is 1.19 bits per heavy atom. The van der Waals surface area contributed by atoms with Gasteiger partial charge in [0.1, 0.15) is 0 Å².